The molecule has 1 N–H and O–H groups in total. The van der Waals surface area contributed by atoms with Crippen LogP contribution in [0, 0.1) is 0 Å². The van der Waals surface area contributed by atoms with Crippen molar-refractivity contribution < 1.29 is 14.3 Å². The number of rotatable bonds is 5. The first kappa shape index (κ1) is 20.0. The molecule has 2 aliphatic rings. The van der Waals surface area contributed by atoms with Crippen LogP contribution in [-0.2, 0) is 9.47 Å². The molecule has 0 bridgehead atoms. The summed E-state index contributed by atoms with van der Waals surface area (Å²) in [6.07, 6.45) is 8.19. The Hall–Kier alpha value is -2.34. The van der Waals surface area contributed by atoms with E-state index in [1.807, 2.05) is 11.0 Å². The number of H-pyrrole nitrogens is 1. The molecule has 0 radical (unpaired) electrons. The minimum Gasteiger partial charge on any atom is -0.453 e. The zero-order valence-electron chi connectivity index (χ0n) is 17.1. The Bertz CT molecular complexity index is 757. The third-order valence-electron chi connectivity index (χ3n) is 6.56. The second-order valence-electron chi connectivity index (χ2n) is 8.21. The number of likely N-dealkylation sites (tertiary alicyclic amines) is 1. The van der Waals surface area contributed by atoms with E-state index in [1.165, 1.54) is 12.7 Å². The van der Waals surface area contributed by atoms with Crippen molar-refractivity contribution in [3.8, 4) is 0 Å². The Morgan fingerprint density at radius 1 is 1.14 bits per heavy atom. The predicted molar refractivity (Wildman–Crippen MR) is 111 cm³/mol. The summed E-state index contributed by atoms with van der Waals surface area (Å²) in [5.41, 5.74) is 2.51. The number of carbonyl (C=O) groups excluding carboxylic acids is 1. The van der Waals surface area contributed by atoms with Gasteiger partial charge in [-0.25, -0.2) is 4.79 Å². The highest BCUT2D eigenvalue weighted by molar-refractivity contribution is 5.68. The van der Waals surface area contributed by atoms with Gasteiger partial charge < -0.3 is 14.4 Å². The first-order valence-corrected chi connectivity index (χ1v) is 10.8. The molecule has 1 saturated carbocycles. The fourth-order valence-corrected chi connectivity index (χ4v) is 4.97. The molecule has 1 aromatic carbocycles. The Morgan fingerprint density at radius 2 is 1.93 bits per heavy atom. The van der Waals surface area contributed by atoms with Gasteiger partial charge in [0, 0.05) is 24.4 Å². The fraction of sp³-hybridized carbons (Fsp3) is 0.565. The number of hydrogen-bond donors (Lipinski definition) is 1. The number of amides is 1. The summed E-state index contributed by atoms with van der Waals surface area (Å²) in [4.78, 5) is 14.2. The quantitative estimate of drug-likeness (QED) is 0.808. The normalized spacial score (nSPS) is 27.6. The number of hydrogen-bond acceptors (Lipinski definition) is 4. The van der Waals surface area contributed by atoms with Gasteiger partial charge in [0.1, 0.15) is 0 Å². The van der Waals surface area contributed by atoms with Crippen LogP contribution in [0.1, 0.15) is 61.6 Å². The van der Waals surface area contributed by atoms with E-state index in [-0.39, 0.29) is 24.2 Å². The first-order chi connectivity index (χ1) is 14.3. The third-order valence-corrected chi connectivity index (χ3v) is 6.56. The van der Waals surface area contributed by atoms with Gasteiger partial charge in [-0.15, -0.1) is 0 Å². The Kier molecular flexibility index (Phi) is 6.49. The van der Waals surface area contributed by atoms with Gasteiger partial charge in [0.25, 0.3) is 0 Å². The van der Waals surface area contributed by atoms with E-state index in [4.69, 9.17) is 9.47 Å². The minimum atomic E-state index is -0.268. The van der Waals surface area contributed by atoms with Crippen molar-refractivity contribution in [2.45, 2.75) is 62.5 Å². The molecule has 156 valence electrons. The fourth-order valence-electron chi connectivity index (χ4n) is 4.97. The number of methoxy groups -OCH3 is 1. The van der Waals surface area contributed by atoms with E-state index in [2.05, 4.69) is 40.5 Å². The highest BCUT2D eigenvalue weighted by Gasteiger charge is 2.37. The van der Waals surface area contributed by atoms with Crippen molar-refractivity contribution in [3.63, 3.8) is 0 Å². The van der Waals surface area contributed by atoms with Crippen LogP contribution >= 0.6 is 0 Å². The molecule has 6 nitrogen and oxygen atoms in total. The molecule has 6 heteroatoms. The van der Waals surface area contributed by atoms with Gasteiger partial charge in [-0.05, 0) is 56.1 Å². The molecule has 1 aliphatic carbocycles. The summed E-state index contributed by atoms with van der Waals surface area (Å²) in [5.74, 6) is 0.834. The Balaban J connectivity index is 1.37. The standard InChI is InChI=1S/C23H31N3O3/c1-28-23(27)26-15-5-8-20(21-13-14-24-25-21)22(26)16-29-19-11-9-18(10-12-19)17-6-3-2-4-7-17/h2-4,6-7,13-14,18-20,22H,5,8-12,15-16H2,1H3,(H,24,25)/t18?,19?,20-,22+/m1/s1. The lowest BCUT2D eigenvalue weighted by atomic mass is 9.82. The third kappa shape index (κ3) is 4.64. The van der Waals surface area contributed by atoms with E-state index in [9.17, 15) is 4.79 Å². The van der Waals surface area contributed by atoms with Crippen molar-refractivity contribution >= 4 is 6.09 Å². The molecule has 2 fully saturated rings. The molecule has 4 rings (SSSR count). The number of aromatic amines is 1. The average molecular weight is 398 g/mol. The molecule has 1 saturated heterocycles. The van der Waals surface area contributed by atoms with E-state index >= 15 is 0 Å². The van der Waals surface area contributed by atoms with E-state index < -0.39 is 0 Å². The molecular weight excluding hydrogens is 366 g/mol. The number of nitrogens with zero attached hydrogens (tertiary/aromatic N) is 2. The molecule has 0 unspecified atom stereocenters. The summed E-state index contributed by atoms with van der Waals surface area (Å²) in [6, 6.07) is 12.8. The number of carbonyl (C=O) groups is 1. The smallest absolute Gasteiger partial charge is 0.409 e. The van der Waals surface area contributed by atoms with Gasteiger partial charge in [0.15, 0.2) is 0 Å². The van der Waals surface area contributed by atoms with Crippen LogP contribution in [0.3, 0.4) is 0 Å². The van der Waals surface area contributed by atoms with Gasteiger partial charge >= 0.3 is 6.09 Å². The van der Waals surface area contributed by atoms with Gasteiger partial charge in [-0.3, -0.25) is 5.10 Å². The van der Waals surface area contributed by atoms with Crippen LogP contribution < -0.4 is 0 Å². The summed E-state index contributed by atoms with van der Waals surface area (Å²) < 4.78 is 11.4. The number of piperidine rings is 1. The highest BCUT2D eigenvalue weighted by atomic mass is 16.5. The maximum absolute atomic E-state index is 12.4. The average Bonchev–Trinajstić information content (AvgIpc) is 3.32. The molecule has 0 spiro atoms. The van der Waals surface area contributed by atoms with Crippen LogP contribution in [0.25, 0.3) is 0 Å². The number of nitrogens with one attached hydrogen (secondary N) is 1. The monoisotopic (exact) mass is 397 g/mol. The Labute approximate surface area is 172 Å². The van der Waals surface area contributed by atoms with Crippen molar-refractivity contribution in [1.82, 2.24) is 15.1 Å². The molecule has 2 heterocycles. The van der Waals surface area contributed by atoms with Gasteiger partial charge in [-0.2, -0.15) is 5.10 Å². The number of ether oxygens (including phenoxy) is 2. The summed E-state index contributed by atoms with van der Waals surface area (Å²) in [7, 11) is 1.45. The SMILES string of the molecule is COC(=O)N1CCC[C@H](c2ccn[nH]2)[C@@H]1COC1CCC(c2ccccc2)CC1. The summed E-state index contributed by atoms with van der Waals surface area (Å²) >= 11 is 0. The van der Waals surface area contributed by atoms with Gasteiger partial charge in [0.05, 0.1) is 25.9 Å². The molecule has 2 aromatic rings. The number of benzene rings is 1. The van der Waals surface area contributed by atoms with E-state index in [1.54, 1.807) is 6.20 Å². The molecule has 29 heavy (non-hydrogen) atoms. The second kappa shape index (κ2) is 9.44. The van der Waals surface area contributed by atoms with Gasteiger partial charge in [0.2, 0.25) is 0 Å². The second-order valence-corrected chi connectivity index (χ2v) is 8.21. The molecule has 1 amide bonds. The van der Waals surface area contributed by atoms with Crippen molar-refractivity contribution in [2.24, 2.45) is 0 Å². The molecule has 2 atom stereocenters. The van der Waals surface area contributed by atoms with Crippen LogP contribution in [0.2, 0.25) is 0 Å². The maximum atomic E-state index is 12.4. The highest BCUT2D eigenvalue weighted by Crippen LogP contribution is 2.36. The minimum absolute atomic E-state index is 0.0245. The van der Waals surface area contributed by atoms with Crippen molar-refractivity contribution in [3.05, 3.63) is 53.9 Å². The lowest BCUT2D eigenvalue weighted by Gasteiger charge is -2.41. The van der Waals surface area contributed by atoms with E-state index in [0.717, 1.165) is 44.2 Å². The molecular formula is C23H31N3O3. The molecule has 1 aliphatic heterocycles. The zero-order chi connectivity index (χ0) is 20.1. The lowest BCUT2D eigenvalue weighted by Crippen LogP contribution is -2.50. The van der Waals surface area contributed by atoms with Crippen LogP contribution in [-0.4, -0.2) is 53.6 Å². The van der Waals surface area contributed by atoms with Gasteiger partial charge in [-0.1, -0.05) is 30.3 Å². The van der Waals surface area contributed by atoms with Crippen molar-refractivity contribution in [2.75, 3.05) is 20.3 Å². The first-order valence-electron chi connectivity index (χ1n) is 10.8. The predicted octanol–water partition coefficient (Wildman–Crippen LogP) is 4.47. The maximum Gasteiger partial charge on any atom is 0.409 e. The van der Waals surface area contributed by atoms with Crippen LogP contribution in [0.5, 0.6) is 0 Å². The summed E-state index contributed by atoms with van der Waals surface area (Å²) in [5, 5.41) is 7.20. The van der Waals surface area contributed by atoms with Crippen molar-refractivity contribution in [1.29, 1.82) is 0 Å². The Morgan fingerprint density at radius 3 is 2.62 bits per heavy atom. The zero-order valence-corrected chi connectivity index (χ0v) is 17.1. The van der Waals surface area contributed by atoms with Crippen LogP contribution in [0.4, 0.5) is 4.79 Å². The topological polar surface area (TPSA) is 67.5 Å². The summed E-state index contributed by atoms with van der Waals surface area (Å²) in [6.45, 7) is 1.26. The number of aromatic nitrogens is 2. The van der Waals surface area contributed by atoms with E-state index in [0.29, 0.717) is 19.1 Å². The largest absolute Gasteiger partial charge is 0.453 e. The lowest BCUT2D eigenvalue weighted by molar-refractivity contribution is -0.0242. The molecule has 1 aromatic heterocycles. The van der Waals surface area contributed by atoms with Crippen LogP contribution in [0.15, 0.2) is 42.6 Å².